The first-order valence-electron chi connectivity index (χ1n) is 10.5. The van der Waals surface area contributed by atoms with Crippen LogP contribution >= 0.6 is 0 Å². The molecular formula is C21H31N5O3. The summed E-state index contributed by atoms with van der Waals surface area (Å²) in [4.78, 5) is 40.8. The Morgan fingerprint density at radius 2 is 1.86 bits per heavy atom. The number of rotatable bonds is 2. The highest BCUT2D eigenvalue weighted by Crippen LogP contribution is 2.40. The van der Waals surface area contributed by atoms with Gasteiger partial charge in [0, 0.05) is 31.7 Å². The summed E-state index contributed by atoms with van der Waals surface area (Å²) in [5.41, 5.74) is 1.52. The van der Waals surface area contributed by atoms with E-state index in [-0.39, 0.29) is 24.0 Å². The van der Waals surface area contributed by atoms with Gasteiger partial charge in [0.15, 0.2) is 0 Å². The number of amides is 2. The Labute approximate surface area is 172 Å². The van der Waals surface area contributed by atoms with E-state index in [9.17, 15) is 9.59 Å². The van der Waals surface area contributed by atoms with Gasteiger partial charge in [-0.15, -0.1) is 0 Å². The van der Waals surface area contributed by atoms with Crippen molar-refractivity contribution in [3.8, 4) is 0 Å². The molecule has 2 atom stereocenters. The Kier molecular flexibility index (Phi) is 4.91. The minimum absolute atomic E-state index is 0.0516. The van der Waals surface area contributed by atoms with Gasteiger partial charge in [-0.1, -0.05) is 0 Å². The number of anilines is 1. The Bertz CT molecular complexity index is 830. The van der Waals surface area contributed by atoms with E-state index in [1.165, 1.54) is 6.42 Å². The molecule has 3 aliphatic rings. The van der Waals surface area contributed by atoms with E-state index in [2.05, 4.69) is 21.8 Å². The second kappa shape index (κ2) is 7.15. The van der Waals surface area contributed by atoms with Crippen LogP contribution in [0.4, 0.5) is 10.6 Å². The molecule has 0 N–H and O–H groups in total. The number of carbonyl (C=O) groups is 2. The first-order valence-corrected chi connectivity index (χ1v) is 10.5. The number of likely N-dealkylation sites (tertiary alicyclic amines) is 1. The smallest absolute Gasteiger partial charge is 0.410 e. The number of hydrogen-bond donors (Lipinski definition) is 0. The first kappa shape index (κ1) is 19.9. The maximum absolute atomic E-state index is 13.3. The van der Waals surface area contributed by atoms with E-state index in [1.807, 2.05) is 32.6 Å². The average Bonchev–Trinajstić information content (AvgIpc) is 3.16. The van der Waals surface area contributed by atoms with Gasteiger partial charge >= 0.3 is 6.09 Å². The van der Waals surface area contributed by atoms with Crippen LogP contribution in [0.15, 0.2) is 0 Å². The summed E-state index contributed by atoms with van der Waals surface area (Å²) in [6.45, 7) is 13.0. The lowest BCUT2D eigenvalue weighted by atomic mass is 10.1. The molecular weight excluding hydrogens is 370 g/mol. The SMILES string of the molecule is Cc1nc2c(c(N3CCC3)n1)[C@@H](C)N(C(=O)[C@@H]1CCN(C(=O)OC(C)(C)C)C1)C2. The zero-order chi connectivity index (χ0) is 20.9. The lowest BCUT2D eigenvalue weighted by molar-refractivity contribution is -0.137. The molecule has 8 heteroatoms. The van der Waals surface area contributed by atoms with Crippen LogP contribution < -0.4 is 4.90 Å². The molecule has 0 unspecified atom stereocenters. The van der Waals surface area contributed by atoms with Crippen LogP contribution in [0.1, 0.15) is 63.7 Å². The van der Waals surface area contributed by atoms with E-state index >= 15 is 0 Å². The van der Waals surface area contributed by atoms with Crippen molar-refractivity contribution in [3.05, 3.63) is 17.1 Å². The van der Waals surface area contributed by atoms with Gasteiger partial charge in [-0.2, -0.15) is 0 Å². The molecule has 2 saturated heterocycles. The molecule has 4 rings (SSSR count). The molecule has 4 heterocycles. The number of carbonyl (C=O) groups excluding carboxylic acids is 2. The van der Waals surface area contributed by atoms with Gasteiger partial charge in [-0.3, -0.25) is 4.79 Å². The van der Waals surface area contributed by atoms with Gasteiger partial charge in [-0.25, -0.2) is 14.8 Å². The van der Waals surface area contributed by atoms with Crippen LogP contribution in [0.3, 0.4) is 0 Å². The van der Waals surface area contributed by atoms with Crippen molar-refractivity contribution in [3.63, 3.8) is 0 Å². The lowest BCUT2D eigenvalue weighted by Crippen LogP contribution is -2.40. The molecule has 0 bridgehead atoms. The molecule has 2 fully saturated rings. The van der Waals surface area contributed by atoms with Crippen LogP contribution in [0.25, 0.3) is 0 Å². The number of ether oxygens (including phenoxy) is 1. The predicted octanol–water partition coefficient (Wildman–Crippen LogP) is 2.66. The summed E-state index contributed by atoms with van der Waals surface area (Å²) < 4.78 is 5.46. The molecule has 1 aromatic heterocycles. The van der Waals surface area contributed by atoms with Crippen molar-refractivity contribution in [2.24, 2.45) is 5.92 Å². The highest BCUT2D eigenvalue weighted by molar-refractivity contribution is 5.82. The summed E-state index contributed by atoms with van der Waals surface area (Å²) in [6, 6.07) is -0.0516. The molecule has 1 aromatic rings. The maximum atomic E-state index is 13.3. The molecule has 0 aromatic carbocycles. The number of hydrogen-bond acceptors (Lipinski definition) is 6. The van der Waals surface area contributed by atoms with Gasteiger partial charge in [0.05, 0.1) is 24.2 Å². The Morgan fingerprint density at radius 1 is 1.14 bits per heavy atom. The monoisotopic (exact) mass is 401 g/mol. The number of aryl methyl sites for hydroxylation is 1. The second-order valence-electron chi connectivity index (χ2n) is 9.35. The number of nitrogens with zero attached hydrogens (tertiary/aromatic N) is 5. The molecule has 29 heavy (non-hydrogen) atoms. The molecule has 2 amide bonds. The van der Waals surface area contributed by atoms with Gasteiger partial charge in [0.1, 0.15) is 17.2 Å². The van der Waals surface area contributed by atoms with E-state index in [1.54, 1.807) is 4.90 Å². The van der Waals surface area contributed by atoms with E-state index in [0.29, 0.717) is 26.1 Å². The predicted molar refractivity (Wildman–Crippen MR) is 108 cm³/mol. The van der Waals surface area contributed by atoms with Gasteiger partial charge < -0.3 is 19.4 Å². The van der Waals surface area contributed by atoms with Crippen LogP contribution in [0, 0.1) is 12.8 Å². The zero-order valence-corrected chi connectivity index (χ0v) is 18.1. The first-order chi connectivity index (χ1) is 13.6. The van der Waals surface area contributed by atoms with Crippen molar-refractivity contribution in [1.82, 2.24) is 19.8 Å². The van der Waals surface area contributed by atoms with Crippen LogP contribution in [-0.2, 0) is 16.1 Å². The highest BCUT2D eigenvalue weighted by Gasteiger charge is 2.41. The minimum Gasteiger partial charge on any atom is -0.444 e. The fourth-order valence-electron chi connectivity index (χ4n) is 4.35. The third kappa shape index (κ3) is 3.76. The third-order valence-corrected chi connectivity index (χ3v) is 5.95. The third-order valence-electron chi connectivity index (χ3n) is 5.95. The maximum Gasteiger partial charge on any atom is 0.410 e. The fourth-order valence-corrected chi connectivity index (χ4v) is 4.35. The van der Waals surface area contributed by atoms with Crippen LogP contribution in [-0.4, -0.2) is 63.5 Å². The van der Waals surface area contributed by atoms with Crippen molar-refractivity contribution in [2.45, 2.75) is 65.6 Å². The molecule has 0 aliphatic carbocycles. The standard InChI is InChI=1S/C21H31N5O3/c1-13-17-16(22-14(2)23-18(17)24-8-6-9-24)12-26(13)19(27)15-7-10-25(11-15)20(28)29-21(3,4)5/h13,15H,6-12H2,1-5H3/t13-,15-/m1/s1. The van der Waals surface area contributed by atoms with Crippen molar-refractivity contribution in [2.75, 3.05) is 31.1 Å². The van der Waals surface area contributed by atoms with Crippen molar-refractivity contribution in [1.29, 1.82) is 0 Å². The summed E-state index contributed by atoms with van der Waals surface area (Å²) in [6.07, 6.45) is 1.51. The topological polar surface area (TPSA) is 78.9 Å². The van der Waals surface area contributed by atoms with E-state index in [4.69, 9.17) is 4.74 Å². The summed E-state index contributed by atoms with van der Waals surface area (Å²) in [7, 11) is 0. The summed E-state index contributed by atoms with van der Waals surface area (Å²) in [5.74, 6) is 1.64. The van der Waals surface area contributed by atoms with Crippen LogP contribution in [0.5, 0.6) is 0 Å². The van der Waals surface area contributed by atoms with Gasteiger partial charge in [0.25, 0.3) is 0 Å². The quantitative estimate of drug-likeness (QED) is 0.758. The molecule has 8 nitrogen and oxygen atoms in total. The van der Waals surface area contributed by atoms with Crippen LogP contribution in [0.2, 0.25) is 0 Å². The van der Waals surface area contributed by atoms with E-state index < -0.39 is 5.60 Å². The highest BCUT2D eigenvalue weighted by atomic mass is 16.6. The minimum atomic E-state index is -0.534. The molecule has 0 spiro atoms. The lowest BCUT2D eigenvalue weighted by Gasteiger charge is -2.34. The summed E-state index contributed by atoms with van der Waals surface area (Å²) in [5, 5.41) is 0. The number of fused-ring (bicyclic) bond motifs is 1. The Balaban J connectivity index is 1.47. The Hall–Kier alpha value is -2.38. The molecule has 3 aliphatic heterocycles. The van der Waals surface area contributed by atoms with Crippen molar-refractivity contribution >= 4 is 17.8 Å². The largest absolute Gasteiger partial charge is 0.444 e. The summed E-state index contributed by atoms with van der Waals surface area (Å²) >= 11 is 0. The molecule has 0 saturated carbocycles. The Morgan fingerprint density at radius 3 is 2.48 bits per heavy atom. The molecule has 0 radical (unpaired) electrons. The second-order valence-corrected chi connectivity index (χ2v) is 9.35. The van der Waals surface area contributed by atoms with Gasteiger partial charge in [-0.05, 0) is 47.5 Å². The molecule has 158 valence electrons. The fraction of sp³-hybridized carbons (Fsp3) is 0.714. The normalized spacial score (nSPS) is 23.8. The van der Waals surface area contributed by atoms with Crippen molar-refractivity contribution < 1.29 is 14.3 Å². The van der Waals surface area contributed by atoms with E-state index in [0.717, 1.165) is 36.0 Å². The number of aromatic nitrogens is 2. The zero-order valence-electron chi connectivity index (χ0n) is 18.1. The van der Waals surface area contributed by atoms with Gasteiger partial charge in [0.2, 0.25) is 5.91 Å². The average molecular weight is 402 g/mol.